The largest absolute Gasteiger partial charge is 0.441 e. The number of Topliss-reactive ketones (excluding diaryl/α,β-unsaturated/α-hetero) is 1. The van der Waals surface area contributed by atoms with Gasteiger partial charge in [0, 0.05) is 15.6 Å². The van der Waals surface area contributed by atoms with Crippen molar-refractivity contribution in [3.63, 3.8) is 0 Å². The molecule has 3 nitrogen and oxygen atoms in total. The van der Waals surface area contributed by atoms with Gasteiger partial charge in [-0.05, 0) is 25.1 Å². The number of hydrogen-bond donors (Lipinski definition) is 0. The second-order valence-corrected chi connectivity index (χ2v) is 5.93. The third-order valence-corrected chi connectivity index (χ3v) is 4.05. The lowest BCUT2D eigenvalue weighted by molar-refractivity contribution is 0.0986. The van der Waals surface area contributed by atoms with Crippen molar-refractivity contribution in [1.82, 2.24) is 4.98 Å². The van der Waals surface area contributed by atoms with Gasteiger partial charge in [-0.3, -0.25) is 4.79 Å². The summed E-state index contributed by atoms with van der Waals surface area (Å²) in [5.74, 6) is 1.10. The maximum atomic E-state index is 12.3. The minimum atomic E-state index is -0.000851. The van der Waals surface area contributed by atoms with E-state index >= 15 is 0 Å². The van der Waals surface area contributed by atoms with Crippen LogP contribution in [0.3, 0.4) is 0 Å². The number of oxazole rings is 1. The van der Waals surface area contributed by atoms with Gasteiger partial charge in [-0.1, -0.05) is 51.8 Å². The molecule has 4 heteroatoms. The topological polar surface area (TPSA) is 43.1 Å². The van der Waals surface area contributed by atoms with Crippen molar-refractivity contribution in [3.8, 4) is 11.5 Å². The second-order valence-electron chi connectivity index (χ2n) is 5.08. The van der Waals surface area contributed by atoms with E-state index in [0.717, 1.165) is 10.0 Å². The first-order valence-corrected chi connectivity index (χ1v) is 7.72. The minimum Gasteiger partial charge on any atom is -0.441 e. The van der Waals surface area contributed by atoms with Gasteiger partial charge >= 0.3 is 0 Å². The number of rotatable bonds is 4. The SMILES string of the molecule is Cc1ccc(-c2ncc(CC(=O)c3ccccc3Br)o2)cc1. The first-order chi connectivity index (χ1) is 10.6. The van der Waals surface area contributed by atoms with Crippen LogP contribution >= 0.6 is 15.9 Å². The number of aromatic nitrogens is 1. The van der Waals surface area contributed by atoms with E-state index in [1.807, 2.05) is 49.4 Å². The maximum Gasteiger partial charge on any atom is 0.226 e. The van der Waals surface area contributed by atoms with Crippen LogP contribution in [0.5, 0.6) is 0 Å². The van der Waals surface area contributed by atoms with E-state index in [9.17, 15) is 4.79 Å². The lowest BCUT2D eigenvalue weighted by atomic mass is 10.1. The van der Waals surface area contributed by atoms with Gasteiger partial charge in [-0.25, -0.2) is 4.98 Å². The van der Waals surface area contributed by atoms with Crippen LogP contribution in [0, 0.1) is 6.92 Å². The molecule has 1 aromatic heterocycles. The Morgan fingerprint density at radius 2 is 1.86 bits per heavy atom. The first kappa shape index (κ1) is 14.7. The van der Waals surface area contributed by atoms with E-state index in [-0.39, 0.29) is 12.2 Å². The van der Waals surface area contributed by atoms with Gasteiger partial charge in [0.15, 0.2) is 5.78 Å². The van der Waals surface area contributed by atoms with E-state index in [4.69, 9.17) is 4.42 Å². The smallest absolute Gasteiger partial charge is 0.226 e. The minimum absolute atomic E-state index is 0.000851. The van der Waals surface area contributed by atoms with Gasteiger partial charge in [0.2, 0.25) is 5.89 Å². The Bertz CT molecular complexity index is 806. The summed E-state index contributed by atoms with van der Waals surface area (Å²) in [6.07, 6.45) is 1.81. The standard InChI is InChI=1S/C18H14BrNO2/c1-12-6-8-13(9-7-12)18-20-11-14(22-18)10-17(21)15-4-2-3-5-16(15)19/h2-9,11H,10H2,1H3. The molecule has 3 rings (SSSR count). The van der Waals surface area contributed by atoms with Crippen molar-refractivity contribution >= 4 is 21.7 Å². The Labute approximate surface area is 137 Å². The highest BCUT2D eigenvalue weighted by Gasteiger charge is 2.14. The molecule has 0 N–H and O–H groups in total. The zero-order chi connectivity index (χ0) is 15.5. The lowest BCUT2D eigenvalue weighted by Crippen LogP contribution is -2.03. The number of halogens is 1. The van der Waals surface area contributed by atoms with Crippen molar-refractivity contribution in [3.05, 3.63) is 76.1 Å². The molecule has 1 heterocycles. The summed E-state index contributed by atoms with van der Waals surface area (Å²) in [7, 11) is 0. The molecule has 0 spiro atoms. The molecule has 0 amide bonds. The Morgan fingerprint density at radius 1 is 1.14 bits per heavy atom. The van der Waals surface area contributed by atoms with Gasteiger partial charge in [-0.15, -0.1) is 0 Å². The lowest BCUT2D eigenvalue weighted by Gasteiger charge is -2.01. The third kappa shape index (κ3) is 3.17. The first-order valence-electron chi connectivity index (χ1n) is 6.93. The molecule has 0 saturated heterocycles. The van der Waals surface area contributed by atoms with Gasteiger partial charge in [0.25, 0.3) is 0 Å². The molecule has 0 fully saturated rings. The van der Waals surface area contributed by atoms with Gasteiger partial charge in [0.05, 0.1) is 12.6 Å². The Hall–Kier alpha value is -2.20. The quantitative estimate of drug-likeness (QED) is 0.629. The van der Waals surface area contributed by atoms with Crippen LogP contribution in [-0.4, -0.2) is 10.8 Å². The highest BCUT2D eigenvalue weighted by molar-refractivity contribution is 9.10. The molecule has 0 bridgehead atoms. The molecule has 2 aromatic carbocycles. The number of benzene rings is 2. The van der Waals surface area contributed by atoms with Gasteiger partial charge < -0.3 is 4.42 Å². The molecule has 0 aliphatic rings. The average Bonchev–Trinajstić information content (AvgIpc) is 2.97. The molecule has 110 valence electrons. The summed E-state index contributed by atoms with van der Waals surface area (Å²) in [6.45, 7) is 2.03. The average molecular weight is 356 g/mol. The second kappa shape index (κ2) is 6.28. The Morgan fingerprint density at radius 3 is 2.59 bits per heavy atom. The fourth-order valence-electron chi connectivity index (χ4n) is 2.16. The van der Waals surface area contributed by atoms with Crippen LogP contribution in [0.4, 0.5) is 0 Å². The van der Waals surface area contributed by atoms with Crippen molar-refractivity contribution < 1.29 is 9.21 Å². The van der Waals surface area contributed by atoms with Crippen LogP contribution in [0.1, 0.15) is 21.7 Å². The molecular formula is C18H14BrNO2. The van der Waals surface area contributed by atoms with Crippen molar-refractivity contribution in [1.29, 1.82) is 0 Å². The summed E-state index contributed by atoms with van der Waals surface area (Å²) in [5.41, 5.74) is 2.74. The molecule has 0 saturated carbocycles. The fraction of sp³-hybridized carbons (Fsp3) is 0.111. The van der Waals surface area contributed by atoms with E-state index in [2.05, 4.69) is 20.9 Å². The molecular weight excluding hydrogens is 342 g/mol. The molecule has 0 atom stereocenters. The van der Waals surface area contributed by atoms with E-state index in [0.29, 0.717) is 17.2 Å². The highest BCUT2D eigenvalue weighted by Crippen LogP contribution is 2.22. The van der Waals surface area contributed by atoms with Crippen LogP contribution in [0.2, 0.25) is 0 Å². The molecule has 3 aromatic rings. The van der Waals surface area contributed by atoms with E-state index < -0.39 is 0 Å². The number of aryl methyl sites for hydroxylation is 1. The fourth-order valence-corrected chi connectivity index (χ4v) is 2.67. The maximum absolute atomic E-state index is 12.3. The molecule has 0 unspecified atom stereocenters. The number of hydrogen-bond acceptors (Lipinski definition) is 3. The zero-order valence-corrected chi connectivity index (χ0v) is 13.6. The summed E-state index contributed by atoms with van der Waals surface area (Å²) >= 11 is 3.39. The van der Waals surface area contributed by atoms with Crippen molar-refractivity contribution in [2.24, 2.45) is 0 Å². The summed E-state index contributed by atoms with van der Waals surface area (Å²) in [6, 6.07) is 15.3. The van der Waals surface area contributed by atoms with Gasteiger partial charge in [0.1, 0.15) is 5.76 Å². The van der Waals surface area contributed by atoms with Crippen molar-refractivity contribution in [2.45, 2.75) is 13.3 Å². The number of carbonyl (C=O) groups is 1. The number of nitrogens with zero attached hydrogens (tertiary/aromatic N) is 1. The molecule has 0 aliphatic heterocycles. The summed E-state index contributed by atoms with van der Waals surface area (Å²) in [5, 5.41) is 0. The summed E-state index contributed by atoms with van der Waals surface area (Å²) in [4.78, 5) is 16.6. The van der Waals surface area contributed by atoms with Crippen LogP contribution in [0.25, 0.3) is 11.5 Å². The molecule has 0 aliphatic carbocycles. The zero-order valence-electron chi connectivity index (χ0n) is 12.0. The van der Waals surface area contributed by atoms with E-state index in [1.54, 1.807) is 12.3 Å². The van der Waals surface area contributed by atoms with Crippen LogP contribution < -0.4 is 0 Å². The number of ketones is 1. The molecule has 0 radical (unpaired) electrons. The van der Waals surface area contributed by atoms with Crippen molar-refractivity contribution in [2.75, 3.05) is 0 Å². The van der Waals surface area contributed by atoms with E-state index in [1.165, 1.54) is 5.56 Å². The van der Waals surface area contributed by atoms with Crippen LogP contribution in [0.15, 0.2) is 63.6 Å². The van der Waals surface area contributed by atoms with Gasteiger partial charge in [-0.2, -0.15) is 0 Å². The predicted molar refractivity (Wildman–Crippen MR) is 88.9 cm³/mol. The third-order valence-electron chi connectivity index (χ3n) is 3.36. The monoisotopic (exact) mass is 355 g/mol. The Kier molecular flexibility index (Phi) is 4.20. The predicted octanol–water partition coefficient (Wildman–Crippen LogP) is 4.84. The Balaban J connectivity index is 1.78. The normalized spacial score (nSPS) is 10.6. The molecule has 22 heavy (non-hydrogen) atoms. The highest BCUT2D eigenvalue weighted by atomic mass is 79.9. The summed E-state index contributed by atoms with van der Waals surface area (Å²) < 4.78 is 6.48. The number of carbonyl (C=O) groups excluding carboxylic acids is 1. The van der Waals surface area contributed by atoms with Crippen LogP contribution in [-0.2, 0) is 6.42 Å².